The summed E-state index contributed by atoms with van der Waals surface area (Å²) in [7, 11) is 0. The van der Waals surface area contributed by atoms with Crippen molar-refractivity contribution in [1.29, 1.82) is 5.26 Å². The number of fused-ring (bicyclic) bond motifs is 3. The molecule has 21 heavy (non-hydrogen) atoms. The summed E-state index contributed by atoms with van der Waals surface area (Å²) in [6.45, 7) is 5.43. The van der Waals surface area contributed by atoms with E-state index in [1.807, 2.05) is 0 Å². The zero-order valence-corrected chi connectivity index (χ0v) is 12.3. The monoisotopic (exact) mass is 287 g/mol. The molecule has 4 aliphatic rings. The van der Waals surface area contributed by atoms with E-state index in [0.717, 1.165) is 64.2 Å². The molecule has 1 aromatic heterocycles. The third-order valence-electron chi connectivity index (χ3n) is 5.35. The Morgan fingerprint density at radius 3 is 2.52 bits per heavy atom. The summed E-state index contributed by atoms with van der Waals surface area (Å²) in [5.41, 5.74) is -0.535. The standard InChI is InChI=1S/C15H21N5O/c16-11-15(4-2-1-3-5-15)14-17-13(18-21-14)12-10-19-6-8-20(12)9-7-19/h12H,1-10H2. The molecule has 1 unspecified atom stereocenters. The minimum Gasteiger partial charge on any atom is -0.338 e. The van der Waals surface area contributed by atoms with E-state index in [9.17, 15) is 5.26 Å². The number of aromatic nitrogens is 2. The highest BCUT2D eigenvalue weighted by atomic mass is 16.5. The lowest BCUT2D eigenvalue weighted by Gasteiger charge is -2.46. The van der Waals surface area contributed by atoms with E-state index in [1.165, 1.54) is 6.42 Å². The second kappa shape index (κ2) is 5.08. The molecule has 6 heteroatoms. The van der Waals surface area contributed by atoms with E-state index in [-0.39, 0.29) is 6.04 Å². The molecule has 0 spiro atoms. The highest BCUT2D eigenvalue weighted by molar-refractivity contribution is 5.20. The Bertz CT molecular complexity index is 549. The molecule has 5 rings (SSSR count). The molecule has 0 amide bonds. The maximum absolute atomic E-state index is 9.62. The van der Waals surface area contributed by atoms with Gasteiger partial charge < -0.3 is 4.52 Å². The highest BCUT2D eigenvalue weighted by Crippen LogP contribution is 2.39. The van der Waals surface area contributed by atoms with Crippen molar-refractivity contribution in [2.24, 2.45) is 0 Å². The van der Waals surface area contributed by atoms with Crippen LogP contribution in [0, 0.1) is 11.3 Å². The first kappa shape index (κ1) is 13.2. The molecule has 6 nitrogen and oxygen atoms in total. The van der Waals surface area contributed by atoms with E-state index in [0.29, 0.717) is 5.89 Å². The van der Waals surface area contributed by atoms with Crippen molar-refractivity contribution in [2.75, 3.05) is 32.7 Å². The predicted molar refractivity (Wildman–Crippen MR) is 75.4 cm³/mol. The first-order chi connectivity index (χ1) is 10.3. The van der Waals surface area contributed by atoms with Gasteiger partial charge in [-0.3, -0.25) is 9.80 Å². The van der Waals surface area contributed by atoms with Gasteiger partial charge >= 0.3 is 0 Å². The molecule has 2 bridgehead atoms. The van der Waals surface area contributed by atoms with Crippen LogP contribution in [-0.4, -0.2) is 52.7 Å². The van der Waals surface area contributed by atoms with E-state index < -0.39 is 5.41 Å². The summed E-state index contributed by atoms with van der Waals surface area (Å²) in [6, 6.07) is 2.70. The molecule has 1 aliphatic carbocycles. The largest absolute Gasteiger partial charge is 0.338 e. The Balaban J connectivity index is 1.59. The fraction of sp³-hybridized carbons (Fsp3) is 0.800. The van der Waals surface area contributed by atoms with E-state index in [4.69, 9.17) is 4.52 Å². The second-order valence-electron chi connectivity index (χ2n) is 6.56. The molecule has 3 aliphatic heterocycles. The van der Waals surface area contributed by atoms with Crippen LogP contribution in [0.25, 0.3) is 0 Å². The van der Waals surface area contributed by atoms with Gasteiger partial charge in [0.05, 0.1) is 12.1 Å². The van der Waals surface area contributed by atoms with Crippen molar-refractivity contribution in [1.82, 2.24) is 19.9 Å². The van der Waals surface area contributed by atoms with Crippen molar-refractivity contribution < 1.29 is 4.52 Å². The highest BCUT2D eigenvalue weighted by Gasteiger charge is 2.42. The molecule has 1 saturated carbocycles. The van der Waals surface area contributed by atoms with Crippen LogP contribution in [0.1, 0.15) is 49.9 Å². The van der Waals surface area contributed by atoms with Crippen molar-refractivity contribution in [3.05, 3.63) is 11.7 Å². The maximum atomic E-state index is 9.62. The Morgan fingerprint density at radius 2 is 1.90 bits per heavy atom. The minimum atomic E-state index is -0.535. The van der Waals surface area contributed by atoms with Crippen LogP contribution in [0.4, 0.5) is 0 Å². The van der Waals surface area contributed by atoms with Crippen molar-refractivity contribution >= 4 is 0 Å². The lowest BCUT2D eigenvalue weighted by Crippen LogP contribution is -2.57. The van der Waals surface area contributed by atoms with Crippen molar-refractivity contribution in [2.45, 2.75) is 43.6 Å². The first-order valence-electron chi connectivity index (χ1n) is 8.02. The van der Waals surface area contributed by atoms with E-state index in [1.54, 1.807) is 0 Å². The molecule has 112 valence electrons. The third kappa shape index (κ3) is 2.16. The first-order valence-corrected chi connectivity index (χ1v) is 8.02. The van der Waals surface area contributed by atoms with Gasteiger partial charge in [-0.15, -0.1) is 0 Å². The van der Waals surface area contributed by atoms with Gasteiger partial charge in [-0.2, -0.15) is 10.2 Å². The van der Waals surface area contributed by atoms with Gasteiger partial charge in [0.25, 0.3) is 0 Å². The summed E-state index contributed by atoms with van der Waals surface area (Å²) in [5, 5.41) is 13.8. The average molecular weight is 287 g/mol. The molecular weight excluding hydrogens is 266 g/mol. The summed E-state index contributed by atoms with van der Waals surface area (Å²) in [6.07, 6.45) is 5.07. The number of hydrogen-bond acceptors (Lipinski definition) is 6. The smallest absolute Gasteiger partial charge is 0.247 e. The molecular formula is C15H21N5O. The number of nitriles is 1. The molecule has 0 radical (unpaired) electrons. The van der Waals surface area contributed by atoms with Crippen LogP contribution in [0.3, 0.4) is 0 Å². The van der Waals surface area contributed by atoms with E-state index in [2.05, 4.69) is 26.0 Å². The zero-order chi connectivity index (χ0) is 14.3. The Kier molecular flexibility index (Phi) is 3.20. The number of hydrogen-bond donors (Lipinski definition) is 0. The summed E-state index contributed by atoms with van der Waals surface area (Å²) in [4.78, 5) is 9.55. The average Bonchev–Trinajstić information content (AvgIpc) is 3.07. The van der Waals surface area contributed by atoms with Gasteiger partial charge in [0.2, 0.25) is 5.89 Å². The Labute approximate surface area is 124 Å². The van der Waals surface area contributed by atoms with Crippen LogP contribution in [-0.2, 0) is 5.41 Å². The fourth-order valence-electron chi connectivity index (χ4n) is 3.96. The van der Waals surface area contributed by atoms with Crippen LogP contribution in [0.2, 0.25) is 0 Å². The van der Waals surface area contributed by atoms with Gasteiger partial charge in [-0.1, -0.05) is 24.4 Å². The van der Waals surface area contributed by atoms with E-state index >= 15 is 0 Å². The van der Waals surface area contributed by atoms with Crippen LogP contribution < -0.4 is 0 Å². The van der Waals surface area contributed by atoms with Gasteiger partial charge in [0.15, 0.2) is 5.82 Å². The van der Waals surface area contributed by atoms with Gasteiger partial charge in [0.1, 0.15) is 5.41 Å². The SMILES string of the molecule is N#CC1(c2nc(C3CN4CCN3CC4)no2)CCCCC1. The maximum Gasteiger partial charge on any atom is 0.247 e. The zero-order valence-electron chi connectivity index (χ0n) is 12.3. The summed E-state index contributed by atoms with van der Waals surface area (Å²) < 4.78 is 5.53. The van der Waals surface area contributed by atoms with Crippen LogP contribution in [0.5, 0.6) is 0 Å². The predicted octanol–water partition coefficient (Wildman–Crippen LogP) is 1.47. The fourth-order valence-corrected chi connectivity index (χ4v) is 3.96. The molecule has 3 saturated heterocycles. The van der Waals surface area contributed by atoms with Gasteiger partial charge in [-0.25, -0.2) is 0 Å². The van der Waals surface area contributed by atoms with Crippen molar-refractivity contribution in [3.63, 3.8) is 0 Å². The number of rotatable bonds is 2. The Hall–Kier alpha value is -1.45. The van der Waals surface area contributed by atoms with Crippen LogP contribution in [0.15, 0.2) is 4.52 Å². The lowest BCUT2D eigenvalue weighted by molar-refractivity contribution is 0.00781. The topological polar surface area (TPSA) is 69.2 Å². The Morgan fingerprint density at radius 1 is 1.14 bits per heavy atom. The number of nitrogens with zero attached hydrogens (tertiary/aromatic N) is 5. The normalized spacial score (nSPS) is 34.5. The summed E-state index contributed by atoms with van der Waals surface area (Å²) in [5.74, 6) is 1.33. The van der Waals surface area contributed by atoms with Crippen molar-refractivity contribution in [3.8, 4) is 6.07 Å². The minimum absolute atomic E-state index is 0.240. The molecule has 1 aromatic rings. The van der Waals surface area contributed by atoms with Gasteiger partial charge in [-0.05, 0) is 12.8 Å². The lowest BCUT2D eigenvalue weighted by atomic mass is 9.75. The quantitative estimate of drug-likeness (QED) is 0.820. The third-order valence-corrected chi connectivity index (χ3v) is 5.35. The molecule has 1 atom stereocenters. The van der Waals surface area contributed by atoms with Gasteiger partial charge in [0, 0.05) is 32.7 Å². The number of piperazine rings is 3. The molecule has 0 aromatic carbocycles. The second-order valence-corrected chi connectivity index (χ2v) is 6.56. The molecule has 4 heterocycles. The molecule has 0 N–H and O–H groups in total. The van der Waals surface area contributed by atoms with Crippen LogP contribution >= 0.6 is 0 Å². The molecule has 4 fully saturated rings. The summed E-state index contributed by atoms with van der Waals surface area (Å²) >= 11 is 0.